The summed E-state index contributed by atoms with van der Waals surface area (Å²) in [6.45, 7) is 3.92. The zero-order chi connectivity index (χ0) is 23.8. The molecular weight excluding hydrogens is 442 g/mol. The van der Waals surface area contributed by atoms with E-state index in [1.54, 1.807) is 19.2 Å². The summed E-state index contributed by atoms with van der Waals surface area (Å²) in [4.78, 5) is 2.03. The predicted molar refractivity (Wildman–Crippen MR) is 126 cm³/mol. The van der Waals surface area contributed by atoms with Gasteiger partial charge in [0.2, 0.25) is 10.0 Å². The Balaban J connectivity index is 1.52. The van der Waals surface area contributed by atoms with Crippen molar-refractivity contribution in [3.8, 4) is 17.6 Å². The van der Waals surface area contributed by atoms with Crippen LogP contribution in [-0.4, -0.2) is 75.3 Å². The van der Waals surface area contributed by atoms with Gasteiger partial charge in [0.05, 0.1) is 17.6 Å². The summed E-state index contributed by atoms with van der Waals surface area (Å²) >= 11 is 0. The maximum atomic E-state index is 13.0. The highest BCUT2D eigenvalue weighted by Gasteiger charge is 2.30. The molecule has 0 spiro atoms. The molecule has 0 aliphatic carbocycles. The van der Waals surface area contributed by atoms with E-state index < -0.39 is 16.1 Å². The number of sulfonamides is 1. The van der Waals surface area contributed by atoms with E-state index >= 15 is 0 Å². The molecule has 0 aromatic heterocycles. The molecule has 8 nitrogen and oxygen atoms in total. The van der Waals surface area contributed by atoms with Crippen molar-refractivity contribution in [1.82, 2.24) is 9.21 Å². The fourth-order valence-corrected chi connectivity index (χ4v) is 5.28. The van der Waals surface area contributed by atoms with Gasteiger partial charge in [-0.2, -0.15) is 9.57 Å². The number of ether oxygens (including phenoxy) is 2. The van der Waals surface area contributed by atoms with Crippen LogP contribution in [0.3, 0.4) is 0 Å². The maximum Gasteiger partial charge on any atom is 0.244 e. The van der Waals surface area contributed by atoms with Crippen LogP contribution in [0.2, 0.25) is 0 Å². The van der Waals surface area contributed by atoms with Gasteiger partial charge < -0.3 is 14.6 Å². The lowest BCUT2D eigenvalue weighted by atomic mass is 10.2. The number of rotatable bonds is 9. The average molecular weight is 472 g/mol. The molecule has 3 rings (SSSR count). The van der Waals surface area contributed by atoms with Crippen molar-refractivity contribution < 1.29 is 23.0 Å². The standard InChI is InChI=1S/C24H29N3O5S/c1-3-6-19-9-10-22(23(15-19)31-2)32-18-21(28)17-26-11-13-27(14-12-26)33(29,30)24-8-5-4-7-20(24)16-25/h3-10,15,21,28H,11-14,17-18H2,1-2H3. The zero-order valence-corrected chi connectivity index (χ0v) is 19.7. The van der Waals surface area contributed by atoms with Crippen LogP contribution in [0.15, 0.2) is 53.4 Å². The summed E-state index contributed by atoms with van der Waals surface area (Å²) in [5.74, 6) is 1.14. The van der Waals surface area contributed by atoms with E-state index in [0.717, 1.165) is 5.56 Å². The Morgan fingerprint density at radius 1 is 1.15 bits per heavy atom. The highest BCUT2D eigenvalue weighted by Crippen LogP contribution is 2.29. The third-order valence-corrected chi connectivity index (χ3v) is 7.36. The molecule has 1 atom stereocenters. The normalized spacial score (nSPS) is 16.4. The van der Waals surface area contributed by atoms with E-state index in [0.29, 0.717) is 31.1 Å². The number of benzene rings is 2. The number of hydrogen-bond donors (Lipinski definition) is 1. The minimum absolute atomic E-state index is 0.0313. The van der Waals surface area contributed by atoms with E-state index in [1.807, 2.05) is 48.2 Å². The molecule has 9 heteroatoms. The monoisotopic (exact) mass is 471 g/mol. The van der Waals surface area contributed by atoms with Crippen LogP contribution in [0.1, 0.15) is 18.1 Å². The van der Waals surface area contributed by atoms with Gasteiger partial charge in [0.15, 0.2) is 11.5 Å². The molecule has 0 bridgehead atoms. The molecule has 1 aliphatic rings. The van der Waals surface area contributed by atoms with Crippen molar-refractivity contribution in [2.75, 3.05) is 46.4 Å². The van der Waals surface area contributed by atoms with Crippen LogP contribution in [0.25, 0.3) is 6.08 Å². The Morgan fingerprint density at radius 3 is 2.55 bits per heavy atom. The van der Waals surface area contributed by atoms with Crippen LogP contribution in [0.4, 0.5) is 0 Å². The summed E-state index contributed by atoms with van der Waals surface area (Å²) < 4.78 is 38.4. The molecule has 2 aromatic carbocycles. The van der Waals surface area contributed by atoms with E-state index in [4.69, 9.17) is 9.47 Å². The summed E-state index contributed by atoms with van der Waals surface area (Å²) in [7, 11) is -2.17. The lowest BCUT2D eigenvalue weighted by Crippen LogP contribution is -2.50. The lowest BCUT2D eigenvalue weighted by molar-refractivity contribution is 0.0561. The van der Waals surface area contributed by atoms with Gasteiger partial charge in [0.1, 0.15) is 18.8 Å². The number of aliphatic hydroxyl groups excluding tert-OH is 1. The van der Waals surface area contributed by atoms with E-state index in [9.17, 15) is 18.8 Å². The number of hydrogen-bond acceptors (Lipinski definition) is 7. The SMILES string of the molecule is CC=Cc1ccc(OCC(O)CN2CCN(S(=O)(=O)c3ccccc3C#N)CC2)c(OC)c1. The Morgan fingerprint density at radius 2 is 1.88 bits per heavy atom. The minimum Gasteiger partial charge on any atom is -0.493 e. The molecular formula is C24H29N3O5S. The van der Waals surface area contributed by atoms with Crippen LogP contribution in [0, 0.1) is 11.3 Å². The van der Waals surface area contributed by atoms with Gasteiger partial charge in [-0.25, -0.2) is 8.42 Å². The van der Waals surface area contributed by atoms with Gasteiger partial charge in [0.25, 0.3) is 0 Å². The third kappa shape index (κ3) is 6.12. The second kappa shape index (κ2) is 11.3. The Kier molecular flexibility index (Phi) is 8.47. The predicted octanol–water partition coefficient (Wildman–Crippen LogP) is 2.35. The summed E-state index contributed by atoms with van der Waals surface area (Å²) in [5.41, 5.74) is 1.13. The second-order valence-corrected chi connectivity index (χ2v) is 9.59. The van der Waals surface area contributed by atoms with Crippen LogP contribution < -0.4 is 9.47 Å². The maximum absolute atomic E-state index is 13.0. The van der Waals surface area contributed by atoms with E-state index in [2.05, 4.69) is 0 Å². The Bertz CT molecular complexity index is 1120. The van der Waals surface area contributed by atoms with Gasteiger partial charge in [-0.15, -0.1) is 0 Å². The number of piperazine rings is 1. The molecule has 33 heavy (non-hydrogen) atoms. The summed E-state index contributed by atoms with van der Waals surface area (Å²) in [6.07, 6.45) is 3.15. The van der Waals surface area contributed by atoms with Crippen LogP contribution >= 0.6 is 0 Å². The van der Waals surface area contributed by atoms with Gasteiger partial charge in [-0.1, -0.05) is 30.4 Å². The number of nitriles is 1. The number of β-amino-alcohol motifs (C(OH)–C–C–N with tert-alkyl or cyclic N) is 1. The van der Waals surface area contributed by atoms with E-state index in [-0.39, 0.29) is 30.2 Å². The van der Waals surface area contributed by atoms with Crippen molar-refractivity contribution in [1.29, 1.82) is 5.26 Å². The molecule has 1 saturated heterocycles. The fourth-order valence-electron chi connectivity index (χ4n) is 3.71. The molecule has 0 saturated carbocycles. The smallest absolute Gasteiger partial charge is 0.244 e. The molecule has 0 amide bonds. The first kappa shape index (κ1) is 24.7. The molecule has 1 fully saturated rings. The average Bonchev–Trinajstić information content (AvgIpc) is 2.83. The van der Waals surface area contributed by atoms with Crippen molar-refractivity contribution in [3.05, 3.63) is 59.7 Å². The Hall–Kier alpha value is -2.90. The molecule has 1 aliphatic heterocycles. The zero-order valence-electron chi connectivity index (χ0n) is 18.8. The first-order valence-corrected chi connectivity index (χ1v) is 12.2. The van der Waals surface area contributed by atoms with Crippen molar-refractivity contribution >= 4 is 16.1 Å². The summed E-state index contributed by atoms with van der Waals surface area (Å²) in [5, 5.41) is 19.7. The topological polar surface area (TPSA) is 103 Å². The molecule has 1 N–H and O–H groups in total. The number of nitrogens with zero attached hydrogens (tertiary/aromatic N) is 3. The van der Waals surface area contributed by atoms with Crippen LogP contribution in [-0.2, 0) is 10.0 Å². The van der Waals surface area contributed by atoms with Crippen molar-refractivity contribution in [3.63, 3.8) is 0 Å². The quantitative estimate of drug-likeness (QED) is 0.599. The van der Waals surface area contributed by atoms with Gasteiger partial charge in [-0.3, -0.25) is 4.90 Å². The van der Waals surface area contributed by atoms with E-state index in [1.165, 1.54) is 16.4 Å². The molecule has 2 aromatic rings. The molecule has 0 radical (unpaired) electrons. The highest BCUT2D eigenvalue weighted by atomic mass is 32.2. The number of allylic oxidation sites excluding steroid dienone is 1. The highest BCUT2D eigenvalue weighted by molar-refractivity contribution is 7.89. The molecule has 176 valence electrons. The van der Waals surface area contributed by atoms with Crippen molar-refractivity contribution in [2.45, 2.75) is 17.9 Å². The van der Waals surface area contributed by atoms with Gasteiger partial charge in [0, 0.05) is 32.7 Å². The van der Waals surface area contributed by atoms with Gasteiger partial charge >= 0.3 is 0 Å². The Labute approximate surface area is 195 Å². The fraction of sp³-hybridized carbons (Fsp3) is 0.375. The largest absolute Gasteiger partial charge is 0.493 e. The van der Waals surface area contributed by atoms with Crippen molar-refractivity contribution in [2.24, 2.45) is 0 Å². The van der Waals surface area contributed by atoms with Gasteiger partial charge in [-0.05, 0) is 36.8 Å². The first-order chi connectivity index (χ1) is 15.9. The molecule has 1 unspecified atom stereocenters. The first-order valence-electron chi connectivity index (χ1n) is 10.7. The third-order valence-electron chi connectivity index (χ3n) is 5.40. The molecule has 1 heterocycles. The lowest BCUT2D eigenvalue weighted by Gasteiger charge is -2.35. The summed E-state index contributed by atoms with van der Waals surface area (Å²) in [6, 6.07) is 13.8. The van der Waals surface area contributed by atoms with Crippen LogP contribution in [0.5, 0.6) is 11.5 Å². The number of aliphatic hydroxyl groups is 1. The minimum atomic E-state index is -3.74. The second-order valence-electron chi connectivity index (χ2n) is 7.69. The number of methoxy groups -OCH3 is 1.